The minimum atomic E-state index is -1.23. The van der Waals surface area contributed by atoms with Crippen LogP contribution in [-0.4, -0.2) is 17.7 Å². The van der Waals surface area contributed by atoms with Crippen molar-refractivity contribution in [1.82, 2.24) is 5.16 Å². The van der Waals surface area contributed by atoms with Gasteiger partial charge in [-0.05, 0) is 0 Å². The van der Waals surface area contributed by atoms with Crippen LogP contribution in [0.3, 0.4) is 0 Å². The molecule has 3 N–H and O–H groups in total. The molecule has 0 fully saturated rings. The molecule has 1 aromatic heterocycles. The van der Waals surface area contributed by atoms with Crippen molar-refractivity contribution in [3.8, 4) is 0 Å². The van der Waals surface area contributed by atoms with Gasteiger partial charge in [-0.25, -0.2) is 0 Å². The molecular formula is C7H8N2O4. The number of carbonyl (C=O) groups is 1. The highest BCUT2D eigenvalue weighted by atomic mass is 16.5. The van der Waals surface area contributed by atoms with Crippen molar-refractivity contribution in [2.75, 3.05) is 6.54 Å². The predicted octanol–water partition coefficient (Wildman–Crippen LogP) is -3.12. The van der Waals surface area contributed by atoms with E-state index >= 15 is 0 Å². The number of quaternary nitrogens is 1. The molecule has 0 aliphatic carbocycles. The highest BCUT2D eigenvalue weighted by molar-refractivity contribution is 5.71. The summed E-state index contributed by atoms with van der Waals surface area (Å²) in [5.74, 6) is -1.04. The Hall–Kier alpha value is -1.56. The first-order valence-electron chi connectivity index (χ1n) is 3.94. The zero-order valence-electron chi connectivity index (χ0n) is 6.70. The molecule has 2 rings (SSSR count). The van der Waals surface area contributed by atoms with Crippen LogP contribution in [0.4, 0.5) is 0 Å². The summed E-state index contributed by atoms with van der Waals surface area (Å²) >= 11 is 0. The molecular weight excluding hydrogens is 176 g/mol. The van der Waals surface area contributed by atoms with E-state index in [4.69, 9.17) is 4.52 Å². The first kappa shape index (κ1) is 8.06. The molecule has 0 saturated heterocycles. The summed E-state index contributed by atoms with van der Waals surface area (Å²) in [6.45, 7) is 0.564. The van der Waals surface area contributed by atoms with E-state index in [0.717, 1.165) is 0 Å². The lowest BCUT2D eigenvalue weighted by molar-refractivity contribution is -0.694. The van der Waals surface area contributed by atoms with E-state index in [1.807, 2.05) is 0 Å². The van der Waals surface area contributed by atoms with Gasteiger partial charge in [0, 0.05) is 6.42 Å². The molecule has 0 spiro atoms. The molecule has 2 heterocycles. The second kappa shape index (κ2) is 2.74. The predicted molar refractivity (Wildman–Crippen MR) is 37.6 cm³/mol. The number of carboxylic acids is 1. The Morgan fingerprint density at radius 1 is 1.69 bits per heavy atom. The molecule has 0 radical (unpaired) electrons. The van der Waals surface area contributed by atoms with Gasteiger partial charge in [0.05, 0.1) is 12.1 Å². The third-order valence-corrected chi connectivity index (χ3v) is 2.16. The molecule has 0 aromatic carbocycles. The highest BCUT2D eigenvalue weighted by Crippen LogP contribution is 2.13. The van der Waals surface area contributed by atoms with Crippen LogP contribution in [0, 0.1) is 0 Å². The van der Waals surface area contributed by atoms with Crippen molar-refractivity contribution in [2.45, 2.75) is 12.5 Å². The maximum atomic E-state index is 11.1. The van der Waals surface area contributed by atoms with E-state index < -0.39 is 12.0 Å². The fourth-order valence-corrected chi connectivity index (χ4v) is 1.53. The van der Waals surface area contributed by atoms with Crippen molar-refractivity contribution < 1.29 is 19.7 Å². The molecule has 1 aromatic rings. The number of carbonyl (C=O) groups excluding carboxylic acids is 1. The quantitative estimate of drug-likeness (QED) is 0.482. The van der Waals surface area contributed by atoms with Crippen molar-refractivity contribution in [1.29, 1.82) is 0 Å². The Bertz CT molecular complexity index is 391. The zero-order chi connectivity index (χ0) is 9.42. The summed E-state index contributed by atoms with van der Waals surface area (Å²) in [5, 5.41) is 14.3. The minimum absolute atomic E-state index is 0.191. The average Bonchev–Trinajstić information content (AvgIpc) is 2.48. The molecule has 1 aliphatic heterocycles. The second-order valence-corrected chi connectivity index (χ2v) is 2.95. The Morgan fingerprint density at radius 3 is 3.15 bits per heavy atom. The number of nitrogens with one attached hydrogen (secondary N) is 1. The van der Waals surface area contributed by atoms with Crippen LogP contribution in [0.25, 0.3) is 0 Å². The number of rotatable bonds is 1. The first-order chi connectivity index (χ1) is 6.20. The lowest BCUT2D eigenvalue weighted by Gasteiger charge is -2.18. The largest absolute Gasteiger partial charge is 0.544 e. The number of aromatic amines is 1. The van der Waals surface area contributed by atoms with Crippen molar-refractivity contribution in [3.05, 3.63) is 21.7 Å². The number of H-pyrrole nitrogens is 1. The SMILES string of the molecule is O=C([O-])[C@H]1[NH2+]CCc2c1o[nH]c2=O. The van der Waals surface area contributed by atoms with Crippen molar-refractivity contribution >= 4 is 5.97 Å². The molecule has 13 heavy (non-hydrogen) atoms. The zero-order valence-corrected chi connectivity index (χ0v) is 6.70. The van der Waals surface area contributed by atoms with Crippen LogP contribution in [0.2, 0.25) is 0 Å². The highest BCUT2D eigenvalue weighted by Gasteiger charge is 2.30. The van der Waals surface area contributed by atoms with Gasteiger partial charge in [0.15, 0.2) is 6.04 Å². The monoisotopic (exact) mass is 184 g/mol. The Kier molecular flexibility index (Phi) is 1.70. The van der Waals surface area contributed by atoms with Crippen LogP contribution in [0.5, 0.6) is 0 Å². The smallest absolute Gasteiger partial charge is 0.283 e. The average molecular weight is 184 g/mol. The van der Waals surface area contributed by atoms with Gasteiger partial charge in [-0.3, -0.25) is 4.79 Å². The van der Waals surface area contributed by atoms with Gasteiger partial charge in [0.25, 0.3) is 5.56 Å². The van der Waals surface area contributed by atoms with Crippen LogP contribution >= 0.6 is 0 Å². The number of hydrogen-bond acceptors (Lipinski definition) is 4. The number of aromatic nitrogens is 1. The topological polar surface area (TPSA) is 103 Å². The fraction of sp³-hybridized carbons (Fsp3) is 0.429. The van der Waals surface area contributed by atoms with Gasteiger partial charge in [0.2, 0.25) is 5.76 Å². The van der Waals surface area contributed by atoms with Gasteiger partial charge < -0.3 is 19.7 Å². The third-order valence-electron chi connectivity index (χ3n) is 2.16. The second-order valence-electron chi connectivity index (χ2n) is 2.95. The van der Waals surface area contributed by atoms with Gasteiger partial charge in [-0.1, -0.05) is 0 Å². The van der Waals surface area contributed by atoms with Gasteiger partial charge in [0.1, 0.15) is 5.97 Å². The van der Waals surface area contributed by atoms with Crippen molar-refractivity contribution in [3.63, 3.8) is 0 Å². The fourth-order valence-electron chi connectivity index (χ4n) is 1.53. The molecule has 70 valence electrons. The molecule has 1 aliphatic rings. The van der Waals surface area contributed by atoms with Crippen LogP contribution in [0.15, 0.2) is 9.32 Å². The maximum absolute atomic E-state index is 11.1. The summed E-state index contributed by atoms with van der Waals surface area (Å²) in [6, 6.07) is -0.886. The van der Waals surface area contributed by atoms with Gasteiger partial charge in [-0.2, -0.15) is 5.16 Å². The molecule has 0 bridgehead atoms. The van der Waals surface area contributed by atoms with Crippen molar-refractivity contribution in [2.24, 2.45) is 0 Å². The summed E-state index contributed by atoms with van der Waals surface area (Å²) in [6.07, 6.45) is 0.533. The lowest BCUT2D eigenvalue weighted by atomic mass is 10.0. The summed E-state index contributed by atoms with van der Waals surface area (Å²) in [5.41, 5.74) is 0.0889. The normalized spacial score (nSPS) is 21.1. The lowest BCUT2D eigenvalue weighted by Crippen LogP contribution is -2.89. The molecule has 6 heteroatoms. The standard InChI is InChI=1S/C7H8N2O4/c10-6-3-1-2-8-4(7(11)12)5(3)13-9-6/h4,8H,1-2H2,(H,9,10)(H,11,12)/t4-/m0/s1. The van der Waals surface area contributed by atoms with E-state index in [1.165, 1.54) is 0 Å². The Labute approximate surface area is 72.5 Å². The number of nitrogens with two attached hydrogens (primary N) is 1. The minimum Gasteiger partial charge on any atom is -0.544 e. The molecule has 0 amide bonds. The van der Waals surface area contributed by atoms with Gasteiger partial charge >= 0.3 is 0 Å². The third kappa shape index (κ3) is 1.15. The van der Waals surface area contributed by atoms with Crippen LogP contribution in [0.1, 0.15) is 17.4 Å². The Balaban J connectivity index is 2.49. The summed E-state index contributed by atoms with van der Waals surface area (Å²) in [7, 11) is 0. The summed E-state index contributed by atoms with van der Waals surface area (Å²) in [4.78, 5) is 21.7. The maximum Gasteiger partial charge on any atom is 0.283 e. The van der Waals surface area contributed by atoms with Crippen LogP contribution in [-0.2, 0) is 11.2 Å². The molecule has 6 nitrogen and oxygen atoms in total. The van der Waals surface area contributed by atoms with Gasteiger partial charge in [-0.15, -0.1) is 0 Å². The van der Waals surface area contributed by atoms with Crippen LogP contribution < -0.4 is 16.0 Å². The van der Waals surface area contributed by atoms with E-state index in [2.05, 4.69) is 5.16 Å². The molecule has 0 saturated carbocycles. The number of carboxylic acid groups (broad SMARTS) is 1. The van der Waals surface area contributed by atoms with E-state index in [-0.39, 0.29) is 11.3 Å². The number of aliphatic carboxylic acids is 1. The Morgan fingerprint density at radius 2 is 2.46 bits per heavy atom. The molecule has 0 unspecified atom stereocenters. The first-order valence-corrected chi connectivity index (χ1v) is 3.94. The van der Waals surface area contributed by atoms with E-state index in [9.17, 15) is 14.7 Å². The molecule has 1 atom stereocenters. The van der Waals surface area contributed by atoms with E-state index in [0.29, 0.717) is 18.5 Å². The number of fused-ring (bicyclic) bond motifs is 1. The van der Waals surface area contributed by atoms with E-state index in [1.54, 1.807) is 5.32 Å². The summed E-state index contributed by atoms with van der Waals surface area (Å²) < 4.78 is 4.77. The number of hydrogen-bond donors (Lipinski definition) is 2.